The maximum atomic E-state index is 14.4. The molecule has 13 nitrogen and oxygen atoms in total. The smallest absolute Gasteiger partial charge is 0.491 e. The molecular formula is C35H36F3N5O8S. The molecule has 2 atom stereocenters. The first kappa shape index (κ1) is 39.1. The van der Waals surface area contributed by atoms with Crippen LogP contribution in [0.4, 0.5) is 35.2 Å². The summed E-state index contributed by atoms with van der Waals surface area (Å²) in [6, 6.07) is 13.6. The van der Waals surface area contributed by atoms with Crippen molar-refractivity contribution < 1.29 is 51.3 Å². The summed E-state index contributed by atoms with van der Waals surface area (Å²) in [4.78, 5) is 55.6. The number of carbonyl (C=O) groups is 4. The van der Waals surface area contributed by atoms with Crippen LogP contribution in [-0.4, -0.2) is 61.7 Å². The van der Waals surface area contributed by atoms with Crippen LogP contribution in [0.1, 0.15) is 43.5 Å². The molecule has 2 amide bonds. The summed E-state index contributed by atoms with van der Waals surface area (Å²) >= 11 is 1.32. The van der Waals surface area contributed by atoms with Crippen molar-refractivity contribution in [3.05, 3.63) is 78.0 Å². The number of rotatable bonds is 13. The van der Waals surface area contributed by atoms with Crippen LogP contribution in [0.5, 0.6) is 11.5 Å². The van der Waals surface area contributed by atoms with E-state index in [0.717, 1.165) is 7.11 Å². The highest BCUT2D eigenvalue weighted by atomic mass is 32.2. The summed E-state index contributed by atoms with van der Waals surface area (Å²) in [6.45, 7) is 3.76. The van der Waals surface area contributed by atoms with Crippen LogP contribution in [0.15, 0.2) is 71.8 Å². The van der Waals surface area contributed by atoms with E-state index < -0.39 is 48.6 Å². The Morgan fingerprint density at radius 1 is 0.904 bits per heavy atom. The molecule has 0 saturated heterocycles. The molecule has 0 fully saturated rings. The van der Waals surface area contributed by atoms with Crippen LogP contribution < -0.4 is 31.2 Å². The number of nitrogen functional groups attached to an aromatic ring is 1. The van der Waals surface area contributed by atoms with Gasteiger partial charge in [-0.3, -0.25) is 14.9 Å². The van der Waals surface area contributed by atoms with E-state index in [2.05, 4.69) is 30.4 Å². The first-order valence-corrected chi connectivity index (χ1v) is 16.4. The topological polar surface area (TPSA) is 180 Å². The molecular weight excluding hydrogens is 707 g/mol. The van der Waals surface area contributed by atoms with Crippen LogP contribution in [0, 0.1) is 0 Å². The summed E-state index contributed by atoms with van der Waals surface area (Å²) in [7, 11) is 4.01. The predicted molar refractivity (Wildman–Crippen MR) is 188 cm³/mol. The Morgan fingerprint density at radius 2 is 1.62 bits per heavy atom. The number of nitrogens with one attached hydrogen (secondary N) is 3. The largest absolute Gasteiger partial charge is 0.493 e. The lowest BCUT2D eigenvalue weighted by Gasteiger charge is -2.27. The zero-order valence-corrected chi connectivity index (χ0v) is 29.4. The van der Waals surface area contributed by atoms with Crippen molar-refractivity contribution in [2.24, 2.45) is 0 Å². The second kappa shape index (κ2) is 17.0. The number of halogens is 3. The first-order chi connectivity index (χ1) is 24.6. The van der Waals surface area contributed by atoms with Gasteiger partial charge in [0.1, 0.15) is 11.9 Å². The molecule has 0 aliphatic rings. The van der Waals surface area contributed by atoms with Crippen molar-refractivity contribution in [1.82, 2.24) is 10.3 Å². The lowest BCUT2D eigenvalue weighted by atomic mass is 10.00. The maximum Gasteiger partial charge on any atom is 0.491 e. The average Bonchev–Trinajstić information content (AvgIpc) is 3.09. The molecule has 0 bridgehead atoms. The Morgan fingerprint density at radius 3 is 2.27 bits per heavy atom. The third kappa shape index (κ3) is 9.96. The molecule has 0 saturated carbocycles. The fraction of sp³-hybridized carbons (Fsp3) is 0.286. The van der Waals surface area contributed by atoms with E-state index in [1.165, 1.54) is 38.2 Å². The standard InChI is InChI=1S/C35H36F3N5O8S/c1-18(2)52-28-11-8-22(42-34(47)50-5)16-24(28)25(17-29(44)51-33(46)35(36,37)38)43-32(45)30(20-6-10-26(48-3)27(15-20)49-4)41-21-7-9-23-19(14-21)12-13-40-31(23)39/h6-16,18,25,30,41H,17H2,1-5H3,(H2,39,40)(H,42,47)(H,43,45)/t25-,30-/m1/s1. The second-order valence-corrected chi connectivity index (χ2v) is 13.0. The van der Waals surface area contributed by atoms with E-state index >= 15 is 0 Å². The lowest BCUT2D eigenvalue weighted by molar-refractivity contribution is -0.202. The number of amides is 2. The number of benzene rings is 3. The number of hydrogen-bond donors (Lipinski definition) is 4. The molecule has 4 aromatic rings. The second-order valence-electron chi connectivity index (χ2n) is 11.4. The molecule has 276 valence electrons. The van der Waals surface area contributed by atoms with Gasteiger partial charge >= 0.3 is 24.2 Å². The quantitative estimate of drug-likeness (QED) is 0.0660. The van der Waals surface area contributed by atoms with Gasteiger partial charge in [0.25, 0.3) is 0 Å². The van der Waals surface area contributed by atoms with Gasteiger partial charge in [-0.2, -0.15) is 13.2 Å². The number of aromatic nitrogens is 1. The van der Waals surface area contributed by atoms with Crippen molar-refractivity contribution in [3.63, 3.8) is 0 Å². The Labute approximate surface area is 300 Å². The van der Waals surface area contributed by atoms with E-state index in [9.17, 15) is 32.3 Å². The van der Waals surface area contributed by atoms with E-state index in [1.54, 1.807) is 54.6 Å². The summed E-state index contributed by atoms with van der Waals surface area (Å²) in [5.74, 6) is -4.04. The van der Waals surface area contributed by atoms with Gasteiger partial charge in [0, 0.05) is 33.1 Å². The molecule has 4 rings (SSSR count). The number of pyridine rings is 1. The van der Waals surface area contributed by atoms with Crippen molar-refractivity contribution in [1.29, 1.82) is 0 Å². The summed E-state index contributed by atoms with van der Waals surface area (Å²) in [5, 5.41) is 9.79. The molecule has 0 aliphatic heterocycles. The van der Waals surface area contributed by atoms with E-state index in [4.69, 9.17) is 15.2 Å². The number of hydrogen-bond acceptors (Lipinski definition) is 12. The van der Waals surface area contributed by atoms with Gasteiger partial charge in [0.05, 0.1) is 33.8 Å². The third-order valence-electron chi connectivity index (χ3n) is 7.41. The molecule has 0 spiro atoms. The van der Waals surface area contributed by atoms with Gasteiger partial charge in [0.2, 0.25) is 5.91 Å². The number of nitrogens with two attached hydrogens (primary N) is 1. The van der Waals surface area contributed by atoms with Crippen molar-refractivity contribution in [2.45, 2.75) is 48.7 Å². The van der Waals surface area contributed by atoms with Gasteiger partial charge in [-0.05, 0) is 71.1 Å². The first-order valence-electron chi connectivity index (χ1n) is 15.5. The van der Waals surface area contributed by atoms with Gasteiger partial charge in [-0.1, -0.05) is 19.9 Å². The lowest BCUT2D eigenvalue weighted by Crippen LogP contribution is -2.38. The fourth-order valence-corrected chi connectivity index (χ4v) is 6.07. The Bertz CT molecular complexity index is 1960. The fourth-order valence-electron chi connectivity index (χ4n) is 5.08. The number of alkyl halides is 3. The van der Waals surface area contributed by atoms with Crippen molar-refractivity contribution in [3.8, 4) is 11.5 Å². The minimum Gasteiger partial charge on any atom is -0.493 e. The number of anilines is 3. The normalized spacial score (nSPS) is 12.4. The number of nitrogens with zero attached hydrogens (tertiary/aromatic N) is 1. The number of thioether (sulfide) groups is 1. The number of esters is 2. The molecule has 5 N–H and O–H groups in total. The minimum atomic E-state index is -5.44. The maximum absolute atomic E-state index is 14.4. The van der Waals surface area contributed by atoms with Crippen LogP contribution in [0.25, 0.3) is 10.8 Å². The third-order valence-corrected chi connectivity index (χ3v) is 8.51. The zero-order chi connectivity index (χ0) is 38.2. The van der Waals surface area contributed by atoms with Crippen LogP contribution in [-0.2, 0) is 23.9 Å². The number of carbonyl (C=O) groups excluding carboxylic acids is 4. The van der Waals surface area contributed by atoms with Crippen LogP contribution in [0.3, 0.4) is 0 Å². The molecule has 17 heteroatoms. The average molecular weight is 744 g/mol. The summed E-state index contributed by atoms with van der Waals surface area (Å²) in [6.07, 6.45) is -5.64. The molecule has 1 heterocycles. The van der Waals surface area contributed by atoms with Crippen molar-refractivity contribution >= 4 is 63.7 Å². The highest BCUT2D eigenvalue weighted by Gasteiger charge is 2.43. The monoisotopic (exact) mass is 743 g/mol. The summed E-state index contributed by atoms with van der Waals surface area (Å²) in [5.41, 5.74) is 7.29. The van der Waals surface area contributed by atoms with E-state index in [-0.39, 0.29) is 16.5 Å². The van der Waals surface area contributed by atoms with Crippen LogP contribution >= 0.6 is 11.8 Å². The summed E-state index contributed by atoms with van der Waals surface area (Å²) < 4.78 is 58.7. The highest BCUT2D eigenvalue weighted by Crippen LogP contribution is 2.37. The number of methoxy groups -OCH3 is 3. The Hall–Kier alpha value is -5.71. The van der Waals surface area contributed by atoms with Gasteiger partial charge < -0.3 is 35.3 Å². The van der Waals surface area contributed by atoms with Gasteiger partial charge in [-0.25, -0.2) is 14.6 Å². The number of fused-ring (bicyclic) bond motifs is 1. The SMILES string of the molecule is COC(=O)Nc1ccc(SC(C)C)c([C@@H](CC(=O)OC(=O)C(F)(F)F)NC(=O)[C@H](Nc2ccc3c(N)nccc3c2)c2ccc(OC)c(OC)c2)c1. The van der Waals surface area contributed by atoms with E-state index in [1.807, 2.05) is 13.8 Å². The van der Waals surface area contributed by atoms with Gasteiger partial charge in [0.15, 0.2) is 11.5 Å². The molecule has 52 heavy (non-hydrogen) atoms. The van der Waals surface area contributed by atoms with Crippen molar-refractivity contribution in [2.75, 3.05) is 37.7 Å². The molecule has 3 aromatic carbocycles. The Kier molecular flexibility index (Phi) is 12.8. The highest BCUT2D eigenvalue weighted by molar-refractivity contribution is 8.00. The van der Waals surface area contributed by atoms with Gasteiger partial charge in [-0.15, -0.1) is 11.8 Å². The Balaban J connectivity index is 1.82. The number of ether oxygens (including phenoxy) is 4. The minimum absolute atomic E-state index is 0.0356. The van der Waals surface area contributed by atoms with E-state index in [0.29, 0.717) is 44.2 Å². The van der Waals surface area contributed by atoms with Crippen LogP contribution in [0.2, 0.25) is 0 Å². The molecule has 1 aromatic heterocycles. The molecule has 0 aliphatic carbocycles. The molecule has 0 radical (unpaired) electrons. The molecule has 0 unspecified atom stereocenters. The zero-order valence-electron chi connectivity index (χ0n) is 28.6. The predicted octanol–water partition coefficient (Wildman–Crippen LogP) is 6.55.